The number of benzene rings is 1. The number of hydrogen-bond donors (Lipinski definition) is 3. The van der Waals surface area contributed by atoms with Crippen molar-refractivity contribution in [2.45, 2.75) is 83.8 Å². The number of aryl methyl sites for hydroxylation is 1. The van der Waals surface area contributed by atoms with Crippen molar-refractivity contribution < 1.29 is 33.0 Å². The van der Waals surface area contributed by atoms with Crippen LogP contribution in [0.1, 0.15) is 67.0 Å². The first-order valence-electron chi connectivity index (χ1n) is 17.7. The number of carbonyl (C=O) groups is 2. The fourth-order valence-corrected chi connectivity index (χ4v) is 7.50. The highest BCUT2D eigenvalue weighted by Gasteiger charge is 2.36. The van der Waals surface area contributed by atoms with E-state index in [0.717, 1.165) is 24.6 Å². The molecule has 3 aromatic heterocycles. The van der Waals surface area contributed by atoms with Crippen molar-refractivity contribution in [2.75, 3.05) is 41.8 Å². The number of piperazine rings is 1. The van der Waals surface area contributed by atoms with Gasteiger partial charge in [0.25, 0.3) is 5.91 Å². The van der Waals surface area contributed by atoms with Gasteiger partial charge < -0.3 is 34.8 Å². The lowest BCUT2D eigenvalue weighted by molar-refractivity contribution is -0.137. The van der Waals surface area contributed by atoms with Crippen LogP contribution < -0.4 is 20.5 Å². The smallest absolute Gasteiger partial charge is 0.416 e. The molecule has 18 heteroatoms. The summed E-state index contributed by atoms with van der Waals surface area (Å²) in [7, 11) is 1.82. The molecule has 3 atom stereocenters. The van der Waals surface area contributed by atoms with Crippen LogP contribution in [-0.4, -0.2) is 96.3 Å². The highest BCUT2D eigenvalue weighted by Crippen LogP contribution is 2.35. The van der Waals surface area contributed by atoms with Crippen LogP contribution in [0.2, 0.25) is 5.02 Å². The van der Waals surface area contributed by atoms with Crippen LogP contribution in [0.15, 0.2) is 35.5 Å². The van der Waals surface area contributed by atoms with Gasteiger partial charge in [-0.25, -0.2) is 19.9 Å². The first kappa shape index (κ1) is 38.7. The number of aliphatic hydroxyl groups is 1. The summed E-state index contributed by atoms with van der Waals surface area (Å²) in [6.07, 6.45) is 0.337. The molecule has 54 heavy (non-hydrogen) atoms. The minimum atomic E-state index is -4.62. The molecule has 2 amide bonds. The van der Waals surface area contributed by atoms with Gasteiger partial charge in [-0.15, -0.1) is 0 Å². The maximum atomic E-state index is 14.7. The number of alkyl halides is 3. The van der Waals surface area contributed by atoms with Crippen molar-refractivity contribution in [3.8, 4) is 5.75 Å². The second-order valence-corrected chi connectivity index (χ2v) is 14.0. The molecule has 288 valence electrons. The Hall–Kier alpha value is -5.03. The van der Waals surface area contributed by atoms with Gasteiger partial charge in [0, 0.05) is 44.5 Å². The van der Waals surface area contributed by atoms with Crippen molar-refractivity contribution in [2.24, 2.45) is 0 Å². The van der Waals surface area contributed by atoms with Crippen molar-refractivity contribution in [3.05, 3.63) is 68.6 Å². The summed E-state index contributed by atoms with van der Waals surface area (Å²) in [5.41, 5.74) is -0.362. The molecule has 1 saturated heterocycles. The Morgan fingerprint density at radius 3 is 2.54 bits per heavy atom. The number of fused-ring (bicyclic) bond motifs is 1. The number of aromatic hydroxyl groups is 1. The third-order valence-corrected chi connectivity index (χ3v) is 10.6. The van der Waals surface area contributed by atoms with Crippen LogP contribution in [0.5, 0.6) is 5.75 Å². The van der Waals surface area contributed by atoms with Crippen molar-refractivity contribution in [1.29, 1.82) is 0 Å². The number of aliphatic hydroxyl groups excluding tert-OH is 1. The largest absolute Gasteiger partial charge is 0.504 e. The number of pyridine rings is 1. The number of rotatable bonds is 9. The van der Waals surface area contributed by atoms with Gasteiger partial charge in [-0.05, 0) is 57.2 Å². The van der Waals surface area contributed by atoms with E-state index in [1.54, 1.807) is 16.4 Å². The van der Waals surface area contributed by atoms with E-state index in [1.165, 1.54) is 12.5 Å². The van der Waals surface area contributed by atoms with E-state index in [-0.39, 0.29) is 89.4 Å². The van der Waals surface area contributed by atoms with Crippen LogP contribution >= 0.6 is 11.6 Å². The molecular weight excluding hydrogens is 731 g/mol. The maximum absolute atomic E-state index is 14.7. The summed E-state index contributed by atoms with van der Waals surface area (Å²) >= 11 is 6.15. The molecule has 6 rings (SSSR count). The highest BCUT2D eigenvalue weighted by molar-refractivity contribution is 6.33. The monoisotopic (exact) mass is 771 g/mol. The number of hydrogen-bond acceptors (Lipinski definition) is 11. The summed E-state index contributed by atoms with van der Waals surface area (Å²) in [4.78, 5) is 64.6. The third kappa shape index (κ3) is 7.51. The van der Waals surface area contributed by atoms with Gasteiger partial charge in [-0.3, -0.25) is 14.4 Å². The molecule has 14 nitrogen and oxygen atoms in total. The van der Waals surface area contributed by atoms with Crippen LogP contribution in [-0.2, 0) is 23.9 Å². The molecule has 1 aliphatic heterocycles. The molecule has 0 radical (unpaired) electrons. The average molecular weight is 772 g/mol. The van der Waals surface area contributed by atoms with Crippen molar-refractivity contribution >= 4 is 51.8 Å². The zero-order valence-electron chi connectivity index (χ0n) is 30.2. The highest BCUT2D eigenvalue weighted by atomic mass is 35.5. The second-order valence-electron chi connectivity index (χ2n) is 13.6. The van der Waals surface area contributed by atoms with E-state index in [0.29, 0.717) is 30.8 Å². The van der Waals surface area contributed by atoms with Crippen LogP contribution in [0, 0.1) is 6.92 Å². The predicted octanol–water partition coefficient (Wildman–Crippen LogP) is 4.56. The molecule has 1 aliphatic carbocycles. The van der Waals surface area contributed by atoms with E-state index < -0.39 is 35.1 Å². The van der Waals surface area contributed by atoms with E-state index in [4.69, 9.17) is 16.6 Å². The topological polar surface area (TPSA) is 170 Å². The maximum Gasteiger partial charge on any atom is 0.416 e. The standard InChI is InChI=1S/C36H41ClF3N9O5/c1-5-21-16-47(35(54)30-32(52)19(3)42-18-43-30)11-12-48(21)31-26(6-2)49(17-28(51)44-25-10-7-20(13-24(25)37)36(38,39)40)34-29(33(31)53)45-27(15-41-34)46(4)22-8-9-23(50)14-22/h7,10,13,15,18,21-23,50,52H,5-6,8-9,11-12,14,16-17H2,1-4H3,(H,44,51). The van der Waals surface area contributed by atoms with E-state index in [1.807, 2.05) is 30.7 Å². The zero-order valence-corrected chi connectivity index (χ0v) is 30.9. The van der Waals surface area contributed by atoms with Crippen molar-refractivity contribution in [1.82, 2.24) is 29.4 Å². The molecule has 0 bridgehead atoms. The quantitative estimate of drug-likeness (QED) is 0.218. The Morgan fingerprint density at radius 2 is 1.89 bits per heavy atom. The summed E-state index contributed by atoms with van der Waals surface area (Å²) in [6, 6.07) is 2.24. The summed E-state index contributed by atoms with van der Waals surface area (Å²) < 4.78 is 41.4. The lowest BCUT2D eigenvalue weighted by atomic mass is 10.0. The number of nitrogens with one attached hydrogen (secondary N) is 1. The minimum Gasteiger partial charge on any atom is -0.504 e. The molecule has 2 aliphatic rings. The van der Waals surface area contributed by atoms with E-state index in [9.17, 15) is 37.8 Å². The molecule has 1 saturated carbocycles. The number of nitrogens with zero attached hydrogens (tertiary/aromatic N) is 8. The number of carbonyl (C=O) groups excluding carboxylic acids is 2. The number of amides is 2. The first-order valence-corrected chi connectivity index (χ1v) is 18.1. The van der Waals surface area contributed by atoms with Gasteiger partial charge in [0.2, 0.25) is 11.3 Å². The lowest BCUT2D eigenvalue weighted by Crippen LogP contribution is -2.56. The van der Waals surface area contributed by atoms with Crippen molar-refractivity contribution in [3.63, 3.8) is 0 Å². The van der Waals surface area contributed by atoms with E-state index in [2.05, 4.69) is 20.3 Å². The summed E-state index contributed by atoms with van der Waals surface area (Å²) in [5, 5.41) is 23.0. The van der Waals surface area contributed by atoms with Gasteiger partial charge in [0.05, 0.1) is 34.3 Å². The summed E-state index contributed by atoms with van der Waals surface area (Å²) in [6.45, 7) is 5.54. The van der Waals surface area contributed by atoms with Crippen LogP contribution in [0.4, 0.5) is 30.4 Å². The minimum absolute atomic E-state index is 0.000185. The predicted molar refractivity (Wildman–Crippen MR) is 196 cm³/mol. The second kappa shape index (κ2) is 15.4. The van der Waals surface area contributed by atoms with E-state index >= 15 is 0 Å². The molecule has 4 heterocycles. The summed E-state index contributed by atoms with van der Waals surface area (Å²) in [5.74, 6) is -1.00. The Kier molecular flexibility index (Phi) is 11.0. The Bertz CT molecular complexity index is 2150. The Morgan fingerprint density at radius 1 is 1.13 bits per heavy atom. The third-order valence-electron chi connectivity index (χ3n) is 10.3. The molecule has 0 spiro atoms. The molecule has 1 aromatic carbocycles. The average Bonchev–Trinajstić information content (AvgIpc) is 3.59. The normalized spacial score (nSPS) is 19.0. The SMILES string of the molecule is CCc1c(N2CCN(C(=O)c3ncnc(C)c3O)CC2CC)c(=O)c2nc(N(C)C3CCC(O)C3)cnc2n1CC(=O)Nc1ccc(C(F)(F)F)cc1Cl. The Balaban J connectivity index is 1.41. The molecule has 2 fully saturated rings. The van der Waals surface area contributed by atoms with Crippen LogP contribution in [0.3, 0.4) is 0 Å². The number of aromatic nitrogens is 5. The number of anilines is 3. The van der Waals surface area contributed by atoms with Gasteiger partial charge in [-0.1, -0.05) is 25.4 Å². The molecular formula is C36H41ClF3N9O5. The number of halogens is 4. The van der Waals surface area contributed by atoms with Gasteiger partial charge in [0.15, 0.2) is 22.6 Å². The first-order chi connectivity index (χ1) is 25.6. The zero-order chi connectivity index (χ0) is 39.1. The molecule has 3 N–H and O–H groups in total. The fraction of sp³-hybridized carbons (Fsp3) is 0.472. The van der Waals surface area contributed by atoms with Gasteiger partial charge in [-0.2, -0.15) is 13.2 Å². The van der Waals surface area contributed by atoms with Gasteiger partial charge >= 0.3 is 6.18 Å². The molecule has 3 unspecified atom stereocenters. The lowest BCUT2D eigenvalue weighted by Gasteiger charge is -2.43. The fourth-order valence-electron chi connectivity index (χ4n) is 7.27. The molecule has 4 aromatic rings. The van der Waals surface area contributed by atoms with Crippen LogP contribution in [0.25, 0.3) is 11.2 Å². The van der Waals surface area contributed by atoms with Gasteiger partial charge in [0.1, 0.15) is 24.4 Å². The Labute approximate surface area is 313 Å².